The highest BCUT2D eigenvalue weighted by Crippen LogP contribution is 2.47. The van der Waals surface area contributed by atoms with Crippen molar-refractivity contribution >= 4 is 36.0 Å². The summed E-state index contributed by atoms with van der Waals surface area (Å²) in [4.78, 5) is 25.8. The van der Waals surface area contributed by atoms with Crippen LogP contribution in [0.5, 0.6) is 0 Å². The molecule has 0 aromatic rings. The zero-order chi connectivity index (χ0) is 13.6. The van der Waals surface area contributed by atoms with Crippen LogP contribution in [-0.4, -0.2) is 46.0 Å². The fraction of sp³-hybridized carbons (Fsp3) is 0.846. The summed E-state index contributed by atoms with van der Waals surface area (Å²) in [6.45, 7) is 2.59. The van der Waals surface area contributed by atoms with E-state index in [1.807, 2.05) is 0 Å². The molecule has 2 aliphatic heterocycles. The van der Waals surface area contributed by atoms with Crippen molar-refractivity contribution in [3.63, 3.8) is 0 Å². The van der Waals surface area contributed by atoms with E-state index in [1.165, 1.54) is 12.8 Å². The zero-order valence-corrected chi connectivity index (χ0v) is 13.3. The molecule has 3 fully saturated rings. The van der Waals surface area contributed by atoms with E-state index in [1.54, 1.807) is 16.7 Å². The maximum Gasteiger partial charge on any atom is 0.243 e. The predicted octanol–water partition coefficient (Wildman–Crippen LogP) is 0.716. The fourth-order valence-electron chi connectivity index (χ4n) is 3.04. The third-order valence-electron chi connectivity index (χ3n) is 4.49. The molecule has 0 aromatic carbocycles. The van der Waals surface area contributed by atoms with Gasteiger partial charge in [0.2, 0.25) is 11.8 Å². The Morgan fingerprint density at radius 3 is 2.95 bits per heavy atom. The molecule has 3 N–H and O–H groups in total. The van der Waals surface area contributed by atoms with Crippen molar-refractivity contribution in [1.29, 1.82) is 0 Å². The normalized spacial score (nSPS) is 33.6. The molecule has 5 nitrogen and oxygen atoms in total. The molecule has 0 aromatic heterocycles. The van der Waals surface area contributed by atoms with Gasteiger partial charge in [0, 0.05) is 24.8 Å². The maximum absolute atomic E-state index is 12.2. The predicted molar refractivity (Wildman–Crippen MR) is 81.7 cm³/mol. The van der Waals surface area contributed by atoms with Crippen molar-refractivity contribution in [1.82, 2.24) is 10.2 Å². The minimum absolute atomic E-state index is 0. The highest BCUT2D eigenvalue weighted by Gasteiger charge is 2.52. The van der Waals surface area contributed by atoms with Crippen LogP contribution in [-0.2, 0) is 9.59 Å². The van der Waals surface area contributed by atoms with Crippen LogP contribution in [0.2, 0.25) is 0 Å². The van der Waals surface area contributed by atoms with Crippen LogP contribution in [0.1, 0.15) is 32.6 Å². The molecule has 0 spiro atoms. The number of nitrogens with zero attached hydrogens (tertiary/aromatic N) is 1. The number of nitrogens with two attached hydrogens (primary N) is 1. The SMILES string of the molecule is CC12CCC(=O)N1C(C(=O)NCC(N)C1CC1)CS2.Cl. The molecule has 0 radical (unpaired) electrons. The van der Waals surface area contributed by atoms with Gasteiger partial charge in [-0.15, -0.1) is 24.2 Å². The van der Waals surface area contributed by atoms with Gasteiger partial charge in [0.05, 0.1) is 4.87 Å². The van der Waals surface area contributed by atoms with Gasteiger partial charge in [-0.1, -0.05) is 0 Å². The summed E-state index contributed by atoms with van der Waals surface area (Å²) in [5, 5.41) is 2.92. The Balaban J connectivity index is 0.00000147. The Bertz CT molecular complexity index is 418. The van der Waals surface area contributed by atoms with Crippen LogP contribution >= 0.6 is 24.2 Å². The standard InChI is InChI=1S/C13H21N3O2S.ClH/c1-13-5-4-11(17)16(13)10(7-19-13)12(18)15-6-9(14)8-2-3-8;/h8-10H,2-7,14H2,1H3,(H,15,18);1H. The molecule has 20 heavy (non-hydrogen) atoms. The van der Waals surface area contributed by atoms with Gasteiger partial charge < -0.3 is 16.0 Å². The first-order valence-corrected chi connectivity index (χ1v) is 7.99. The summed E-state index contributed by atoms with van der Waals surface area (Å²) in [5.74, 6) is 1.35. The number of amides is 2. The van der Waals surface area contributed by atoms with Gasteiger partial charge >= 0.3 is 0 Å². The van der Waals surface area contributed by atoms with Gasteiger partial charge in [-0.2, -0.15) is 0 Å². The summed E-state index contributed by atoms with van der Waals surface area (Å²) in [5.41, 5.74) is 5.99. The second kappa shape index (κ2) is 5.73. The molecule has 7 heteroatoms. The van der Waals surface area contributed by atoms with Crippen molar-refractivity contribution in [2.24, 2.45) is 11.7 Å². The number of carbonyl (C=O) groups excluding carboxylic acids is 2. The number of fused-ring (bicyclic) bond motifs is 1. The molecule has 3 unspecified atom stereocenters. The Hall–Kier alpha value is -0.460. The Morgan fingerprint density at radius 2 is 2.30 bits per heavy atom. The van der Waals surface area contributed by atoms with E-state index in [4.69, 9.17) is 5.73 Å². The lowest BCUT2D eigenvalue weighted by Gasteiger charge is -2.30. The Kier molecular flexibility index (Phi) is 4.56. The van der Waals surface area contributed by atoms with Crippen molar-refractivity contribution < 1.29 is 9.59 Å². The number of nitrogens with one attached hydrogen (secondary N) is 1. The highest BCUT2D eigenvalue weighted by molar-refractivity contribution is 8.01. The Morgan fingerprint density at radius 1 is 1.60 bits per heavy atom. The van der Waals surface area contributed by atoms with Gasteiger partial charge in [-0.3, -0.25) is 9.59 Å². The second-order valence-corrected chi connectivity index (χ2v) is 7.51. The minimum atomic E-state index is -0.309. The van der Waals surface area contributed by atoms with Crippen molar-refractivity contribution in [3.8, 4) is 0 Å². The van der Waals surface area contributed by atoms with Crippen molar-refractivity contribution in [2.75, 3.05) is 12.3 Å². The van der Waals surface area contributed by atoms with E-state index in [-0.39, 0.29) is 41.2 Å². The molecule has 3 rings (SSSR count). The summed E-state index contributed by atoms with van der Waals surface area (Å²) >= 11 is 1.72. The molecular formula is C13H22ClN3O2S. The molecule has 0 bridgehead atoms. The van der Waals surface area contributed by atoms with Crippen LogP contribution in [0.4, 0.5) is 0 Å². The van der Waals surface area contributed by atoms with Crippen LogP contribution in [0.25, 0.3) is 0 Å². The van der Waals surface area contributed by atoms with E-state index in [0.29, 0.717) is 24.6 Å². The summed E-state index contributed by atoms with van der Waals surface area (Å²) in [6, 6.07) is -0.241. The quantitative estimate of drug-likeness (QED) is 0.800. The average molecular weight is 320 g/mol. The number of hydrogen-bond acceptors (Lipinski definition) is 4. The van der Waals surface area contributed by atoms with Crippen molar-refractivity contribution in [3.05, 3.63) is 0 Å². The molecule has 2 heterocycles. The number of hydrogen-bond donors (Lipinski definition) is 2. The highest BCUT2D eigenvalue weighted by atomic mass is 35.5. The number of rotatable bonds is 4. The van der Waals surface area contributed by atoms with E-state index >= 15 is 0 Å². The third-order valence-corrected chi connectivity index (χ3v) is 5.99. The fourth-order valence-corrected chi connectivity index (χ4v) is 4.47. The first kappa shape index (κ1) is 15.9. The van der Waals surface area contributed by atoms with Crippen LogP contribution in [0.15, 0.2) is 0 Å². The minimum Gasteiger partial charge on any atom is -0.353 e. The first-order chi connectivity index (χ1) is 9.01. The molecule has 114 valence electrons. The average Bonchev–Trinajstić information content (AvgIpc) is 3.11. The lowest BCUT2D eigenvalue weighted by molar-refractivity contribution is -0.137. The van der Waals surface area contributed by atoms with Crippen LogP contribution < -0.4 is 11.1 Å². The second-order valence-electron chi connectivity index (χ2n) is 6.01. The lowest BCUT2D eigenvalue weighted by Crippen LogP contribution is -2.52. The summed E-state index contributed by atoms with van der Waals surface area (Å²) in [6.07, 6.45) is 3.77. The third kappa shape index (κ3) is 2.78. The van der Waals surface area contributed by atoms with Gasteiger partial charge in [-0.25, -0.2) is 0 Å². The number of thioether (sulfide) groups is 1. The molecule has 1 aliphatic carbocycles. The molecule has 3 atom stereocenters. The molecular weight excluding hydrogens is 298 g/mol. The topological polar surface area (TPSA) is 75.4 Å². The number of halogens is 1. The smallest absolute Gasteiger partial charge is 0.243 e. The number of carbonyl (C=O) groups is 2. The summed E-state index contributed by atoms with van der Waals surface area (Å²) in [7, 11) is 0. The van der Waals surface area contributed by atoms with Gasteiger partial charge in [0.15, 0.2) is 0 Å². The van der Waals surface area contributed by atoms with E-state index in [9.17, 15) is 9.59 Å². The van der Waals surface area contributed by atoms with Crippen LogP contribution in [0, 0.1) is 5.92 Å². The van der Waals surface area contributed by atoms with Gasteiger partial charge in [0.25, 0.3) is 0 Å². The van der Waals surface area contributed by atoms with E-state index in [0.717, 1.165) is 6.42 Å². The van der Waals surface area contributed by atoms with Gasteiger partial charge in [-0.05, 0) is 32.1 Å². The summed E-state index contributed by atoms with van der Waals surface area (Å²) < 4.78 is 0. The molecule has 3 aliphatic rings. The lowest BCUT2D eigenvalue weighted by atomic mass is 10.2. The van der Waals surface area contributed by atoms with Crippen LogP contribution in [0.3, 0.4) is 0 Å². The van der Waals surface area contributed by atoms with E-state index in [2.05, 4.69) is 12.2 Å². The maximum atomic E-state index is 12.2. The van der Waals surface area contributed by atoms with Gasteiger partial charge in [0.1, 0.15) is 6.04 Å². The first-order valence-electron chi connectivity index (χ1n) is 7.01. The molecule has 2 saturated heterocycles. The molecule has 2 amide bonds. The van der Waals surface area contributed by atoms with E-state index < -0.39 is 0 Å². The monoisotopic (exact) mass is 319 g/mol. The van der Waals surface area contributed by atoms with Crippen molar-refractivity contribution in [2.45, 2.75) is 49.6 Å². The zero-order valence-electron chi connectivity index (χ0n) is 11.6. The molecule has 1 saturated carbocycles. The largest absolute Gasteiger partial charge is 0.353 e. The Labute approximate surface area is 129 Å².